The van der Waals surface area contributed by atoms with Gasteiger partial charge < -0.3 is 15.8 Å². The molecular weight excluding hydrogens is 370 g/mol. The van der Waals surface area contributed by atoms with Crippen molar-refractivity contribution in [2.45, 2.75) is 6.42 Å². The van der Waals surface area contributed by atoms with Gasteiger partial charge in [0.05, 0.1) is 21.6 Å². The summed E-state index contributed by atoms with van der Waals surface area (Å²) in [6.45, 7) is 1.28. The molecule has 0 aliphatic rings. The Hall–Kier alpha value is -1.50. The van der Waals surface area contributed by atoms with E-state index >= 15 is 0 Å². The van der Waals surface area contributed by atoms with Crippen LogP contribution in [0.1, 0.15) is 6.42 Å². The highest BCUT2D eigenvalue weighted by atomic mass is 127. The fraction of sp³-hybridized carbons (Fsp3) is 0.200. The summed E-state index contributed by atoms with van der Waals surface area (Å²) < 4.78 is 19.5. The van der Waals surface area contributed by atoms with Crippen LogP contribution in [0, 0.1) is 9.39 Å². The number of anilines is 2. The monoisotopic (exact) mass is 386 g/mol. The molecular formula is C15H16FIN2O. The standard InChI is InChI=1S/C15H16FIN2O/c16-12-9-15(14(18)10-13(12)17)19-7-4-8-20-11-5-2-1-3-6-11/h1-3,5-6,9-10,19H,4,7-8,18H2. The zero-order valence-corrected chi connectivity index (χ0v) is 13.1. The normalized spacial score (nSPS) is 10.3. The molecule has 5 heteroatoms. The first-order chi connectivity index (χ1) is 9.66. The molecule has 2 aromatic carbocycles. The van der Waals surface area contributed by atoms with E-state index in [0.29, 0.717) is 28.1 Å². The van der Waals surface area contributed by atoms with Gasteiger partial charge in [-0.25, -0.2) is 4.39 Å². The van der Waals surface area contributed by atoms with E-state index in [-0.39, 0.29) is 5.82 Å². The second kappa shape index (κ2) is 7.33. The predicted octanol–water partition coefficient (Wildman–Crippen LogP) is 3.89. The van der Waals surface area contributed by atoms with Crippen molar-refractivity contribution in [3.8, 4) is 5.75 Å². The molecule has 0 saturated carbocycles. The van der Waals surface area contributed by atoms with Crippen molar-refractivity contribution in [3.63, 3.8) is 0 Å². The Morgan fingerprint density at radius 2 is 1.95 bits per heavy atom. The number of halogens is 2. The summed E-state index contributed by atoms with van der Waals surface area (Å²) in [4.78, 5) is 0. The van der Waals surface area contributed by atoms with Crippen LogP contribution in [-0.2, 0) is 0 Å². The van der Waals surface area contributed by atoms with Crippen molar-refractivity contribution in [3.05, 3.63) is 51.9 Å². The van der Waals surface area contributed by atoms with E-state index in [0.717, 1.165) is 12.2 Å². The quantitative estimate of drug-likeness (QED) is 0.450. The molecule has 0 aromatic heterocycles. The maximum absolute atomic E-state index is 13.4. The highest BCUT2D eigenvalue weighted by Crippen LogP contribution is 2.23. The number of nitrogens with one attached hydrogen (secondary N) is 1. The van der Waals surface area contributed by atoms with E-state index in [2.05, 4.69) is 5.32 Å². The minimum absolute atomic E-state index is 0.261. The minimum atomic E-state index is -0.261. The van der Waals surface area contributed by atoms with E-state index in [9.17, 15) is 4.39 Å². The second-order valence-electron chi connectivity index (χ2n) is 4.30. The molecule has 0 saturated heterocycles. The van der Waals surface area contributed by atoms with Gasteiger partial charge in [0, 0.05) is 12.6 Å². The molecule has 2 aromatic rings. The van der Waals surface area contributed by atoms with Crippen LogP contribution in [0.5, 0.6) is 5.75 Å². The van der Waals surface area contributed by atoms with Crippen molar-refractivity contribution in [2.24, 2.45) is 0 Å². The number of ether oxygens (including phenoxy) is 1. The molecule has 0 fully saturated rings. The first kappa shape index (κ1) is 14.9. The highest BCUT2D eigenvalue weighted by molar-refractivity contribution is 14.1. The van der Waals surface area contributed by atoms with Gasteiger partial charge in [-0.05, 0) is 47.2 Å². The van der Waals surface area contributed by atoms with Gasteiger partial charge in [-0.3, -0.25) is 0 Å². The van der Waals surface area contributed by atoms with Crippen LogP contribution in [0.2, 0.25) is 0 Å². The Morgan fingerprint density at radius 3 is 2.70 bits per heavy atom. The van der Waals surface area contributed by atoms with Gasteiger partial charge in [0.2, 0.25) is 0 Å². The lowest BCUT2D eigenvalue weighted by molar-refractivity contribution is 0.315. The van der Waals surface area contributed by atoms with Crippen molar-refractivity contribution < 1.29 is 9.13 Å². The minimum Gasteiger partial charge on any atom is -0.494 e. The molecule has 2 rings (SSSR count). The van der Waals surface area contributed by atoms with Crippen LogP contribution in [0.15, 0.2) is 42.5 Å². The molecule has 3 N–H and O–H groups in total. The van der Waals surface area contributed by atoms with Crippen LogP contribution in [-0.4, -0.2) is 13.2 Å². The third kappa shape index (κ3) is 4.26. The van der Waals surface area contributed by atoms with Crippen LogP contribution in [0.25, 0.3) is 0 Å². The molecule has 0 heterocycles. The molecule has 0 radical (unpaired) electrons. The zero-order chi connectivity index (χ0) is 14.4. The molecule has 0 atom stereocenters. The van der Waals surface area contributed by atoms with E-state index < -0.39 is 0 Å². The van der Waals surface area contributed by atoms with Gasteiger partial charge in [0.25, 0.3) is 0 Å². The lowest BCUT2D eigenvalue weighted by atomic mass is 10.2. The van der Waals surface area contributed by atoms with Gasteiger partial charge in [0.1, 0.15) is 11.6 Å². The Kier molecular flexibility index (Phi) is 5.46. The fourth-order valence-corrected chi connectivity index (χ4v) is 2.21. The van der Waals surface area contributed by atoms with Crippen LogP contribution < -0.4 is 15.8 Å². The Bertz CT molecular complexity index is 563. The lowest BCUT2D eigenvalue weighted by Crippen LogP contribution is -2.09. The Morgan fingerprint density at radius 1 is 1.20 bits per heavy atom. The van der Waals surface area contributed by atoms with Crippen molar-refractivity contribution in [1.82, 2.24) is 0 Å². The van der Waals surface area contributed by atoms with Gasteiger partial charge in [-0.1, -0.05) is 18.2 Å². The number of para-hydroxylation sites is 1. The first-order valence-corrected chi connectivity index (χ1v) is 7.41. The average molecular weight is 386 g/mol. The summed E-state index contributed by atoms with van der Waals surface area (Å²) in [5, 5.41) is 3.12. The number of hydrogen-bond acceptors (Lipinski definition) is 3. The van der Waals surface area contributed by atoms with Crippen molar-refractivity contribution in [1.29, 1.82) is 0 Å². The van der Waals surface area contributed by atoms with E-state index in [1.807, 2.05) is 52.9 Å². The molecule has 20 heavy (non-hydrogen) atoms. The third-order valence-electron chi connectivity index (χ3n) is 2.74. The third-order valence-corrected chi connectivity index (χ3v) is 3.57. The van der Waals surface area contributed by atoms with Gasteiger partial charge in [-0.15, -0.1) is 0 Å². The summed E-state index contributed by atoms with van der Waals surface area (Å²) in [6, 6.07) is 12.7. The van der Waals surface area contributed by atoms with Crippen LogP contribution in [0.4, 0.5) is 15.8 Å². The smallest absolute Gasteiger partial charge is 0.138 e. The summed E-state index contributed by atoms with van der Waals surface area (Å²) in [5.41, 5.74) is 7.01. The van der Waals surface area contributed by atoms with Gasteiger partial charge >= 0.3 is 0 Å². The predicted molar refractivity (Wildman–Crippen MR) is 88.6 cm³/mol. The molecule has 0 unspecified atom stereocenters. The molecule has 106 valence electrons. The number of nitrogen functional groups attached to an aromatic ring is 1. The molecule has 0 aliphatic carbocycles. The van der Waals surface area contributed by atoms with E-state index in [1.54, 1.807) is 6.07 Å². The average Bonchev–Trinajstić information content (AvgIpc) is 2.45. The molecule has 3 nitrogen and oxygen atoms in total. The summed E-state index contributed by atoms with van der Waals surface area (Å²) in [7, 11) is 0. The Labute approximate surface area is 131 Å². The summed E-state index contributed by atoms with van der Waals surface area (Å²) in [5.74, 6) is 0.593. The topological polar surface area (TPSA) is 47.3 Å². The van der Waals surface area contributed by atoms with E-state index in [1.165, 1.54) is 6.07 Å². The van der Waals surface area contributed by atoms with Crippen LogP contribution >= 0.6 is 22.6 Å². The lowest BCUT2D eigenvalue weighted by Gasteiger charge is -2.11. The largest absolute Gasteiger partial charge is 0.494 e. The number of rotatable bonds is 6. The van der Waals surface area contributed by atoms with E-state index in [4.69, 9.17) is 10.5 Å². The maximum atomic E-state index is 13.4. The highest BCUT2D eigenvalue weighted by Gasteiger charge is 2.05. The van der Waals surface area contributed by atoms with Gasteiger partial charge in [-0.2, -0.15) is 0 Å². The van der Waals surface area contributed by atoms with Crippen molar-refractivity contribution in [2.75, 3.05) is 24.2 Å². The molecule has 0 aliphatic heterocycles. The molecule has 0 amide bonds. The van der Waals surface area contributed by atoms with Gasteiger partial charge in [0.15, 0.2) is 0 Å². The zero-order valence-electron chi connectivity index (χ0n) is 10.9. The second-order valence-corrected chi connectivity index (χ2v) is 5.46. The number of nitrogens with two attached hydrogens (primary N) is 1. The SMILES string of the molecule is Nc1cc(I)c(F)cc1NCCCOc1ccccc1. The Balaban J connectivity index is 1.75. The first-order valence-electron chi connectivity index (χ1n) is 6.33. The molecule has 0 spiro atoms. The molecule has 0 bridgehead atoms. The van der Waals surface area contributed by atoms with Crippen LogP contribution in [0.3, 0.4) is 0 Å². The fourth-order valence-electron chi connectivity index (χ4n) is 1.72. The maximum Gasteiger partial charge on any atom is 0.138 e. The summed E-state index contributed by atoms with van der Waals surface area (Å²) >= 11 is 1.92. The summed E-state index contributed by atoms with van der Waals surface area (Å²) in [6.07, 6.45) is 0.807. The number of benzene rings is 2. The number of hydrogen-bond donors (Lipinski definition) is 2. The van der Waals surface area contributed by atoms with Crippen molar-refractivity contribution >= 4 is 34.0 Å².